The Labute approximate surface area is 128 Å². The van der Waals surface area contributed by atoms with Gasteiger partial charge in [0.05, 0.1) is 11.5 Å². The Morgan fingerprint density at radius 3 is 2.55 bits per heavy atom. The van der Waals surface area contributed by atoms with Crippen molar-refractivity contribution in [3.63, 3.8) is 0 Å². The van der Waals surface area contributed by atoms with E-state index in [0.29, 0.717) is 19.4 Å². The second-order valence-corrected chi connectivity index (χ2v) is 4.88. The van der Waals surface area contributed by atoms with E-state index in [4.69, 9.17) is 10.6 Å². The minimum Gasteiger partial charge on any atom is -0.480 e. The van der Waals surface area contributed by atoms with Crippen molar-refractivity contribution in [1.82, 2.24) is 5.06 Å². The second kappa shape index (κ2) is 9.08. The number of hydrogen-bond acceptors (Lipinski definition) is 6. The summed E-state index contributed by atoms with van der Waals surface area (Å²) in [4.78, 5) is 26.8. The normalized spacial score (nSPS) is 12.3. The molecule has 0 spiro atoms. The molecule has 1 rings (SSSR count). The van der Waals surface area contributed by atoms with E-state index in [1.54, 1.807) is 19.2 Å². The predicted octanol–water partition coefficient (Wildman–Crippen LogP) is 1.54. The van der Waals surface area contributed by atoms with Crippen LogP contribution < -0.4 is 5.73 Å². The average Bonchev–Trinajstić information content (AvgIpc) is 2.49. The Morgan fingerprint density at radius 2 is 2.05 bits per heavy atom. The van der Waals surface area contributed by atoms with Gasteiger partial charge in [0.15, 0.2) is 0 Å². The van der Waals surface area contributed by atoms with Crippen LogP contribution in [0.5, 0.6) is 0 Å². The number of likely N-dealkylation sites (N-methyl/N-ethyl adjacent to an activating group) is 1. The third-order valence-electron chi connectivity index (χ3n) is 3.24. The molecule has 8 heteroatoms. The molecule has 1 atom stereocenters. The summed E-state index contributed by atoms with van der Waals surface area (Å²) in [5.74, 6) is -0.955. The van der Waals surface area contributed by atoms with Crippen LogP contribution in [0.4, 0.5) is 5.69 Å². The Morgan fingerprint density at radius 1 is 1.41 bits per heavy atom. The van der Waals surface area contributed by atoms with Crippen LogP contribution in [0.25, 0.3) is 0 Å². The van der Waals surface area contributed by atoms with Gasteiger partial charge in [-0.3, -0.25) is 19.7 Å². The summed E-state index contributed by atoms with van der Waals surface area (Å²) < 4.78 is 0. The first-order chi connectivity index (χ1) is 10.5. The van der Waals surface area contributed by atoms with Gasteiger partial charge < -0.3 is 10.8 Å². The standard InChI is InChI=1S/C14H21N3O5/c1-16(13(14(18)19)4-2-3-9-15)22-10-11-5-7-12(8-6-11)17(20)21/h5-8,13H,2-4,9-10,15H2,1H3,(H,18,19)/t13-/m0/s1. The monoisotopic (exact) mass is 311 g/mol. The topological polar surface area (TPSA) is 119 Å². The quantitative estimate of drug-likeness (QED) is 0.382. The number of nitro benzene ring substituents is 1. The third-order valence-corrected chi connectivity index (χ3v) is 3.24. The lowest BCUT2D eigenvalue weighted by molar-refractivity contribution is -0.384. The van der Waals surface area contributed by atoms with Gasteiger partial charge in [0.25, 0.3) is 5.69 Å². The maximum Gasteiger partial charge on any atom is 0.323 e. The van der Waals surface area contributed by atoms with Gasteiger partial charge in [-0.2, -0.15) is 5.06 Å². The van der Waals surface area contributed by atoms with E-state index in [9.17, 15) is 20.0 Å². The zero-order chi connectivity index (χ0) is 16.5. The Bertz CT molecular complexity index is 492. The number of nitro groups is 1. The molecule has 0 aromatic heterocycles. The highest BCUT2D eigenvalue weighted by atomic mass is 16.7. The van der Waals surface area contributed by atoms with E-state index >= 15 is 0 Å². The molecule has 22 heavy (non-hydrogen) atoms. The highest BCUT2D eigenvalue weighted by molar-refractivity contribution is 5.73. The second-order valence-electron chi connectivity index (χ2n) is 4.88. The summed E-state index contributed by atoms with van der Waals surface area (Å²) in [6.45, 7) is 0.675. The van der Waals surface area contributed by atoms with Crippen molar-refractivity contribution in [3.8, 4) is 0 Å². The molecule has 1 aromatic carbocycles. The molecular weight excluding hydrogens is 290 g/mol. The number of benzene rings is 1. The number of nitrogens with two attached hydrogens (primary N) is 1. The van der Waals surface area contributed by atoms with E-state index in [-0.39, 0.29) is 12.3 Å². The van der Waals surface area contributed by atoms with Crippen molar-refractivity contribution in [2.24, 2.45) is 5.73 Å². The highest BCUT2D eigenvalue weighted by Gasteiger charge is 2.23. The van der Waals surface area contributed by atoms with E-state index < -0.39 is 16.9 Å². The number of carboxylic acids is 1. The number of carbonyl (C=O) groups is 1. The lowest BCUT2D eigenvalue weighted by Gasteiger charge is -2.24. The van der Waals surface area contributed by atoms with Gasteiger partial charge in [-0.05, 0) is 43.5 Å². The fraction of sp³-hybridized carbons (Fsp3) is 0.500. The minimum absolute atomic E-state index is 0.00213. The van der Waals surface area contributed by atoms with Crippen LogP contribution in [0.3, 0.4) is 0 Å². The molecule has 0 amide bonds. The lowest BCUT2D eigenvalue weighted by atomic mass is 10.1. The smallest absolute Gasteiger partial charge is 0.323 e. The zero-order valence-electron chi connectivity index (χ0n) is 12.5. The van der Waals surface area contributed by atoms with Gasteiger partial charge in [-0.25, -0.2) is 0 Å². The Kier molecular flexibility index (Phi) is 7.44. The van der Waals surface area contributed by atoms with Crippen molar-refractivity contribution >= 4 is 11.7 Å². The van der Waals surface area contributed by atoms with Crippen molar-refractivity contribution in [1.29, 1.82) is 0 Å². The molecule has 8 nitrogen and oxygen atoms in total. The Hall–Kier alpha value is -2.03. The molecule has 0 aliphatic carbocycles. The van der Waals surface area contributed by atoms with Crippen LogP contribution in [0.15, 0.2) is 24.3 Å². The van der Waals surface area contributed by atoms with E-state index in [0.717, 1.165) is 12.0 Å². The van der Waals surface area contributed by atoms with Crippen LogP contribution in [-0.2, 0) is 16.2 Å². The van der Waals surface area contributed by atoms with E-state index in [2.05, 4.69) is 0 Å². The van der Waals surface area contributed by atoms with Gasteiger partial charge in [0.1, 0.15) is 6.04 Å². The number of carboxylic acid groups (broad SMARTS) is 1. The van der Waals surface area contributed by atoms with Crippen LogP contribution in [0, 0.1) is 10.1 Å². The molecule has 0 aliphatic rings. The van der Waals surface area contributed by atoms with Crippen molar-refractivity contribution in [2.45, 2.75) is 31.9 Å². The number of rotatable bonds is 10. The number of non-ortho nitro benzene ring substituents is 1. The maximum absolute atomic E-state index is 11.2. The molecule has 0 saturated carbocycles. The highest BCUT2D eigenvalue weighted by Crippen LogP contribution is 2.14. The van der Waals surface area contributed by atoms with Crippen LogP contribution in [0.2, 0.25) is 0 Å². The molecule has 0 radical (unpaired) electrons. The SMILES string of the molecule is CN(OCc1ccc([N+](=O)[O-])cc1)[C@@H](CCCCN)C(=O)O. The fourth-order valence-electron chi connectivity index (χ4n) is 1.92. The fourth-order valence-corrected chi connectivity index (χ4v) is 1.92. The van der Waals surface area contributed by atoms with Crippen LogP contribution in [-0.4, -0.2) is 40.7 Å². The van der Waals surface area contributed by atoms with Gasteiger partial charge in [-0.1, -0.05) is 0 Å². The number of hydrogen-bond donors (Lipinski definition) is 2. The molecule has 0 saturated heterocycles. The van der Waals surface area contributed by atoms with Gasteiger partial charge in [0, 0.05) is 19.2 Å². The molecule has 0 aliphatic heterocycles. The molecule has 0 unspecified atom stereocenters. The van der Waals surface area contributed by atoms with Crippen LogP contribution in [0.1, 0.15) is 24.8 Å². The number of unbranched alkanes of at least 4 members (excludes halogenated alkanes) is 1. The summed E-state index contributed by atoms with van der Waals surface area (Å²) in [7, 11) is 1.56. The van der Waals surface area contributed by atoms with Crippen molar-refractivity contribution in [3.05, 3.63) is 39.9 Å². The van der Waals surface area contributed by atoms with Gasteiger partial charge in [0.2, 0.25) is 0 Å². The first-order valence-electron chi connectivity index (χ1n) is 6.97. The summed E-state index contributed by atoms with van der Waals surface area (Å²) >= 11 is 0. The lowest BCUT2D eigenvalue weighted by Crippen LogP contribution is -2.38. The third kappa shape index (κ3) is 5.76. The summed E-state index contributed by atoms with van der Waals surface area (Å²) in [5.41, 5.74) is 6.12. The molecule has 122 valence electrons. The summed E-state index contributed by atoms with van der Waals surface area (Å²) in [5, 5.41) is 21.1. The molecule has 0 bridgehead atoms. The summed E-state index contributed by atoms with van der Waals surface area (Å²) in [6, 6.07) is 5.18. The van der Waals surface area contributed by atoms with E-state index in [1.165, 1.54) is 17.2 Å². The molecule has 3 N–H and O–H groups in total. The maximum atomic E-state index is 11.2. The van der Waals surface area contributed by atoms with Crippen molar-refractivity contribution in [2.75, 3.05) is 13.6 Å². The zero-order valence-corrected chi connectivity index (χ0v) is 12.5. The van der Waals surface area contributed by atoms with Crippen LogP contribution >= 0.6 is 0 Å². The number of nitrogens with zero attached hydrogens (tertiary/aromatic N) is 2. The molecule has 1 aromatic rings. The van der Waals surface area contributed by atoms with Gasteiger partial charge in [-0.15, -0.1) is 0 Å². The first-order valence-corrected chi connectivity index (χ1v) is 6.97. The van der Waals surface area contributed by atoms with Crippen molar-refractivity contribution < 1.29 is 19.7 Å². The molecular formula is C14H21N3O5. The first kappa shape index (κ1) is 18.0. The molecule has 0 fully saturated rings. The number of hydroxylamine groups is 2. The van der Waals surface area contributed by atoms with E-state index in [1.807, 2.05) is 0 Å². The number of aliphatic carboxylic acids is 1. The average molecular weight is 311 g/mol. The largest absolute Gasteiger partial charge is 0.480 e. The molecule has 0 heterocycles. The Balaban J connectivity index is 2.52. The minimum atomic E-state index is -0.955. The predicted molar refractivity (Wildman–Crippen MR) is 80.0 cm³/mol. The summed E-state index contributed by atoms with van der Waals surface area (Å²) in [6.07, 6.45) is 1.92. The van der Waals surface area contributed by atoms with Gasteiger partial charge >= 0.3 is 5.97 Å².